The third-order valence-corrected chi connectivity index (χ3v) is 5.77. The summed E-state index contributed by atoms with van der Waals surface area (Å²) in [6.07, 6.45) is 7.11. The molecular weight excluding hydrogens is 316 g/mol. The topological polar surface area (TPSA) is 82.9 Å². The van der Waals surface area contributed by atoms with Gasteiger partial charge in [-0.25, -0.2) is 9.97 Å². The van der Waals surface area contributed by atoms with E-state index in [2.05, 4.69) is 20.0 Å². The number of hydrogen-bond donors (Lipinski definition) is 2. The third kappa shape index (κ3) is 2.41. The van der Waals surface area contributed by atoms with E-state index in [1.807, 2.05) is 36.1 Å². The number of aromatic nitrogens is 5. The van der Waals surface area contributed by atoms with Crippen LogP contribution in [0, 0.1) is 18.8 Å². The van der Waals surface area contributed by atoms with Crippen LogP contribution >= 0.6 is 0 Å². The highest BCUT2D eigenvalue weighted by Gasteiger charge is 2.43. The van der Waals surface area contributed by atoms with E-state index in [1.165, 1.54) is 0 Å². The van der Waals surface area contributed by atoms with E-state index in [1.54, 1.807) is 6.20 Å². The Kier molecular flexibility index (Phi) is 3.31. The number of aliphatic hydroxyl groups excluding tert-OH is 1. The Morgan fingerprint density at radius 2 is 2.04 bits per heavy atom. The minimum absolute atomic E-state index is 0.0776. The fourth-order valence-electron chi connectivity index (χ4n) is 4.61. The molecule has 2 N–H and O–H groups in total. The number of fused-ring (bicyclic) bond motifs is 2. The summed E-state index contributed by atoms with van der Waals surface area (Å²) in [7, 11) is 0. The lowest BCUT2D eigenvalue weighted by Gasteiger charge is -2.35. The zero-order valence-corrected chi connectivity index (χ0v) is 14.2. The monoisotopic (exact) mass is 338 g/mol. The number of aryl methyl sites for hydroxylation is 1. The highest BCUT2D eigenvalue weighted by molar-refractivity contribution is 5.86. The molecule has 3 aromatic rings. The molecule has 5 rings (SSSR count). The van der Waals surface area contributed by atoms with Gasteiger partial charge < -0.3 is 15.0 Å². The van der Waals surface area contributed by atoms with Crippen LogP contribution in [0.25, 0.3) is 11.0 Å². The number of rotatable bonds is 2. The van der Waals surface area contributed by atoms with Crippen LogP contribution in [0.15, 0.2) is 30.7 Å². The number of nitrogens with one attached hydrogen (secondary N) is 1. The van der Waals surface area contributed by atoms with Crippen LogP contribution in [0.4, 0.5) is 5.82 Å². The summed E-state index contributed by atoms with van der Waals surface area (Å²) in [4.78, 5) is 14.8. The number of anilines is 1. The first-order chi connectivity index (χ1) is 12.2. The van der Waals surface area contributed by atoms with Gasteiger partial charge >= 0.3 is 0 Å². The molecular formula is C18H22N6O. The van der Waals surface area contributed by atoms with E-state index in [0.29, 0.717) is 11.8 Å². The molecule has 2 fully saturated rings. The van der Waals surface area contributed by atoms with E-state index in [-0.39, 0.29) is 12.1 Å². The number of hydrogen-bond acceptors (Lipinski definition) is 5. The number of H-pyrrole nitrogens is 1. The molecule has 130 valence electrons. The molecule has 0 aromatic carbocycles. The quantitative estimate of drug-likeness (QED) is 0.746. The van der Waals surface area contributed by atoms with E-state index >= 15 is 0 Å². The van der Waals surface area contributed by atoms with Crippen molar-refractivity contribution in [2.45, 2.75) is 31.9 Å². The van der Waals surface area contributed by atoms with Crippen LogP contribution in [-0.4, -0.2) is 49.0 Å². The Morgan fingerprint density at radius 1 is 1.20 bits per heavy atom. The zero-order chi connectivity index (χ0) is 17.0. The van der Waals surface area contributed by atoms with Crippen molar-refractivity contribution >= 4 is 16.9 Å². The molecule has 0 spiro atoms. The second-order valence-corrected chi connectivity index (χ2v) is 7.35. The average molecular weight is 338 g/mol. The molecule has 0 bridgehead atoms. The van der Waals surface area contributed by atoms with Gasteiger partial charge in [0.2, 0.25) is 0 Å². The Balaban J connectivity index is 1.43. The van der Waals surface area contributed by atoms with Crippen molar-refractivity contribution in [1.82, 2.24) is 24.7 Å². The van der Waals surface area contributed by atoms with Gasteiger partial charge in [0.25, 0.3) is 0 Å². The number of aliphatic hydroxyl groups is 1. The normalized spacial score (nSPS) is 29.3. The molecule has 1 saturated heterocycles. The lowest BCUT2D eigenvalue weighted by molar-refractivity contribution is 0.0306. The van der Waals surface area contributed by atoms with E-state index in [0.717, 1.165) is 48.6 Å². The summed E-state index contributed by atoms with van der Waals surface area (Å²) in [5.74, 6) is 2.85. The summed E-state index contributed by atoms with van der Waals surface area (Å²) in [5, 5.41) is 15.0. The zero-order valence-electron chi connectivity index (χ0n) is 14.2. The van der Waals surface area contributed by atoms with Crippen LogP contribution in [0.3, 0.4) is 0 Å². The Morgan fingerprint density at radius 3 is 2.84 bits per heavy atom. The van der Waals surface area contributed by atoms with Crippen LogP contribution in [0.1, 0.15) is 24.7 Å². The number of nitrogens with zero attached hydrogens (tertiary/aromatic N) is 5. The van der Waals surface area contributed by atoms with Crippen LogP contribution in [0.2, 0.25) is 0 Å². The fraction of sp³-hybridized carbons (Fsp3) is 0.500. The second kappa shape index (κ2) is 5.56. The van der Waals surface area contributed by atoms with E-state index in [4.69, 9.17) is 4.98 Å². The van der Waals surface area contributed by atoms with Crippen molar-refractivity contribution < 1.29 is 5.11 Å². The summed E-state index contributed by atoms with van der Waals surface area (Å²) >= 11 is 0. The van der Waals surface area contributed by atoms with Gasteiger partial charge in [0, 0.05) is 31.7 Å². The average Bonchev–Trinajstić information content (AvgIpc) is 3.32. The molecule has 7 heteroatoms. The van der Waals surface area contributed by atoms with Gasteiger partial charge in [0.1, 0.15) is 11.3 Å². The molecule has 2 aliphatic rings. The lowest BCUT2D eigenvalue weighted by atomic mass is 9.77. The van der Waals surface area contributed by atoms with Crippen molar-refractivity contribution in [1.29, 1.82) is 0 Å². The predicted octanol–water partition coefficient (Wildman–Crippen LogP) is 1.91. The molecule has 7 nitrogen and oxygen atoms in total. The highest BCUT2D eigenvalue weighted by Crippen LogP contribution is 2.42. The molecule has 1 aliphatic carbocycles. The van der Waals surface area contributed by atoms with Crippen LogP contribution in [0.5, 0.6) is 0 Å². The molecule has 0 unspecified atom stereocenters. The molecule has 4 heterocycles. The molecule has 4 atom stereocenters. The van der Waals surface area contributed by atoms with Crippen molar-refractivity contribution in [2.75, 3.05) is 18.0 Å². The Bertz CT molecular complexity index is 888. The second-order valence-electron chi connectivity index (χ2n) is 7.35. The van der Waals surface area contributed by atoms with Gasteiger partial charge in [-0.1, -0.05) is 0 Å². The maximum Gasteiger partial charge on any atom is 0.156 e. The van der Waals surface area contributed by atoms with E-state index < -0.39 is 0 Å². The van der Waals surface area contributed by atoms with Gasteiger partial charge in [-0.3, -0.25) is 4.68 Å². The molecule has 0 amide bonds. The van der Waals surface area contributed by atoms with Crippen LogP contribution in [-0.2, 0) is 0 Å². The molecule has 0 radical (unpaired) electrons. The molecule has 3 aromatic heterocycles. The molecule has 1 aliphatic heterocycles. The van der Waals surface area contributed by atoms with Gasteiger partial charge in [0.15, 0.2) is 5.82 Å². The summed E-state index contributed by atoms with van der Waals surface area (Å²) < 4.78 is 1.92. The van der Waals surface area contributed by atoms with Gasteiger partial charge in [-0.15, -0.1) is 0 Å². The van der Waals surface area contributed by atoms with Gasteiger partial charge in [-0.2, -0.15) is 5.10 Å². The first kappa shape index (κ1) is 14.9. The summed E-state index contributed by atoms with van der Waals surface area (Å²) in [6, 6.07) is 3.99. The minimum Gasteiger partial charge on any atom is -0.391 e. The number of aromatic amines is 1. The van der Waals surface area contributed by atoms with Gasteiger partial charge in [-0.05, 0) is 43.7 Å². The maximum atomic E-state index is 10.6. The first-order valence-corrected chi connectivity index (χ1v) is 8.93. The Hall–Kier alpha value is -2.41. The fourth-order valence-corrected chi connectivity index (χ4v) is 4.61. The molecule has 25 heavy (non-hydrogen) atoms. The standard InChI is InChI=1S/C18H22N6O/c1-11-21-14-3-5-19-17(14)18(22-11)23-9-12-7-15(24-6-2-4-20-24)16(25)8-13(12)10-23/h2-6,12-13,15-16,19,25H,7-10H2,1H3/t12-,13+,15-,16-/m1/s1. The van der Waals surface area contributed by atoms with E-state index in [9.17, 15) is 5.11 Å². The maximum absolute atomic E-state index is 10.6. The van der Waals surface area contributed by atoms with Gasteiger partial charge in [0.05, 0.1) is 17.7 Å². The molecule has 1 saturated carbocycles. The van der Waals surface area contributed by atoms with Crippen molar-refractivity contribution in [3.05, 3.63) is 36.5 Å². The third-order valence-electron chi connectivity index (χ3n) is 5.77. The minimum atomic E-state index is -0.334. The van der Waals surface area contributed by atoms with Crippen molar-refractivity contribution in [2.24, 2.45) is 11.8 Å². The largest absolute Gasteiger partial charge is 0.391 e. The Labute approximate surface area is 145 Å². The van der Waals surface area contributed by atoms with Crippen molar-refractivity contribution in [3.8, 4) is 0 Å². The SMILES string of the molecule is Cc1nc(N2C[C@H]3C[C@@H](n4cccn4)[C@H](O)C[C@H]3C2)c2[nH]ccc2n1. The highest BCUT2D eigenvalue weighted by atomic mass is 16.3. The predicted molar refractivity (Wildman–Crippen MR) is 94.3 cm³/mol. The van der Waals surface area contributed by atoms with Crippen molar-refractivity contribution in [3.63, 3.8) is 0 Å². The first-order valence-electron chi connectivity index (χ1n) is 8.93. The summed E-state index contributed by atoms with van der Waals surface area (Å²) in [5.41, 5.74) is 1.97. The smallest absolute Gasteiger partial charge is 0.156 e. The van der Waals surface area contributed by atoms with Crippen LogP contribution < -0.4 is 4.90 Å². The lowest BCUT2D eigenvalue weighted by Crippen LogP contribution is -2.36. The summed E-state index contributed by atoms with van der Waals surface area (Å²) in [6.45, 7) is 3.86.